The number of pyridine rings is 1. The molecular weight excluding hydrogens is 234 g/mol. The fraction of sp³-hybridized carbons (Fsp3) is 0.364. The Morgan fingerprint density at radius 3 is 2.50 bits per heavy atom. The molecule has 0 saturated heterocycles. The van der Waals surface area contributed by atoms with Crippen molar-refractivity contribution in [3.05, 3.63) is 24.0 Å². The minimum absolute atomic E-state index is 0.153. The van der Waals surface area contributed by atoms with Crippen molar-refractivity contribution < 1.29 is 9.59 Å². The molecule has 0 aliphatic heterocycles. The standard InChI is InChI=1S/C11H17N5O2/c1-11(2,10(12)18)6-15-9(17)8-4-3-7(16-13)5-14-8/h3-5,16H,6,13H2,1-2H3,(H2,12,18)(H,15,17). The zero-order valence-electron chi connectivity index (χ0n) is 10.4. The van der Waals surface area contributed by atoms with Crippen LogP contribution in [0, 0.1) is 5.41 Å². The maximum absolute atomic E-state index is 11.7. The maximum Gasteiger partial charge on any atom is 0.269 e. The van der Waals surface area contributed by atoms with Crippen LogP contribution in [0.15, 0.2) is 18.3 Å². The van der Waals surface area contributed by atoms with Crippen molar-refractivity contribution in [1.82, 2.24) is 10.3 Å². The molecule has 1 aromatic rings. The number of anilines is 1. The Morgan fingerprint density at radius 2 is 2.06 bits per heavy atom. The molecule has 0 aromatic carbocycles. The number of hydrazine groups is 1. The van der Waals surface area contributed by atoms with Crippen molar-refractivity contribution in [1.29, 1.82) is 0 Å². The molecule has 18 heavy (non-hydrogen) atoms. The molecule has 0 spiro atoms. The molecule has 1 rings (SSSR count). The fourth-order valence-corrected chi connectivity index (χ4v) is 1.09. The van der Waals surface area contributed by atoms with Crippen molar-refractivity contribution in [2.75, 3.05) is 12.0 Å². The highest BCUT2D eigenvalue weighted by Gasteiger charge is 2.25. The Kier molecular flexibility index (Phi) is 4.22. The molecule has 2 amide bonds. The molecule has 0 unspecified atom stereocenters. The molecular formula is C11H17N5O2. The predicted molar refractivity (Wildman–Crippen MR) is 67.4 cm³/mol. The van der Waals surface area contributed by atoms with Crippen molar-refractivity contribution in [2.24, 2.45) is 17.0 Å². The molecule has 1 aromatic heterocycles. The van der Waals surface area contributed by atoms with Crippen LogP contribution in [-0.2, 0) is 4.79 Å². The number of nitrogens with zero attached hydrogens (tertiary/aromatic N) is 1. The van der Waals surface area contributed by atoms with Crippen molar-refractivity contribution in [3.63, 3.8) is 0 Å². The molecule has 0 saturated carbocycles. The summed E-state index contributed by atoms with van der Waals surface area (Å²) < 4.78 is 0. The van der Waals surface area contributed by atoms with Crippen molar-refractivity contribution in [2.45, 2.75) is 13.8 Å². The number of carbonyl (C=O) groups is 2. The topological polar surface area (TPSA) is 123 Å². The van der Waals surface area contributed by atoms with Crippen molar-refractivity contribution >= 4 is 17.5 Å². The molecule has 0 fully saturated rings. The third kappa shape index (κ3) is 3.42. The monoisotopic (exact) mass is 251 g/mol. The highest BCUT2D eigenvalue weighted by molar-refractivity contribution is 5.93. The van der Waals surface area contributed by atoms with E-state index in [0.29, 0.717) is 5.69 Å². The lowest BCUT2D eigenvalue weighted by atomic mass is 9.93. The fourth-order valence-electron chi connectivity index (χ4n) is 1.09. The molecule has 6 N–H and O–H groups in total. The van der Waals surface area contributed by atoms with Gasteiger partial charge in [0.1, 0.15) is 5.69 Å². The second-order valence-electron chi connectivity index (χ2n) is 4.51. The van der Waals surface area contributed by atoms with Gasteiger partial charge in [-0.25, -0.2) is 4.98 Å². The number of hydrogen-bond donors (Lipinski definition) is 4. The summed E-state index contributed by atoms with van der Waals surface area (Å²) >= 11 is 0. The van der Waals surface area contributed by atoms with Crippen LogP contribution >= 0.6 is 0 Å². The molecule has 0 aliphatic rings. The van der Waals surface area contributed by atoms with E-state index in [4.69, 9.17) is 11.6 Å². The number of aromatic nitrogens is 1. The Bertz CT molecular complexity index is 441. The second kappa shape index (κ2) is 5.46. The Hall–Kier alpha value is -2.15. The number of nitrogens with two attached hydrogens (primary N) is 2. The number of hydrogen-bond acceptors (Lipinski definition) is 5. The summed E-state index contributed by atoms with van der Waals surface area (Å²) in [7, 11) is 0. The number of nitrogens with one attached hydrogen (secondary N) is 2. The smallest absolute Gasteiger partial charge is 0.269 e. The minimum atomic E-state index is -0.797. The number of rotatable bonds is 5. The van der Waals surface area contributed by atoms with E-state index in [1.807, 2.05) is 0 Å². The zero-order chi connectivity index (χ0) is 13.8. The average molecular weight is 251 g/mol. The molecule has 0 atom stereocenters. The highest BCUT2D eigenvalue weighted by Crippen LogP contribution is 2.12. The van der Waals surface area contributed by atoms with Gasteiger partial charge < -0.3 is 16.5 Å². The first-order valence-corrected chi connectivity index (χ1v) is 5.37. The third-order valence-electron chi connectivity index (χ3n) is 2.52. The van der Waals surface area contributed by atoms with Gasteiger partial charge in [-0.1, -0.05) is 0 Å². The lowest BCUT2D eigenvalue weighted by Gasteiger charge is -2.20. The predicted octanol–water partition coefficient (Wildman–Crippen LogP) is -0.391. The summed E-state index contributed by atoms with van der Waals surface area (Å²) in [5.74, 6) is 4.34. The van der Waals surface area contributed by atoms with Crippen LogP contribution in [0.25, 0.3) is 0 Å². The molecule has 0 aliphatic carbocycles. The van der Waals surface area contributed by atoms with Gasteiger partial charge in [0.15, 0.2) is 0 Å². The van der Waals surface area contributed by atoms with Gasteiger partial charge in [-0.3, -0.25) is 15.4 Å². The molecule has 7 nitrogen and oxygen atoms in total. The molecule has 7 heteroatoms. The van der Waals surface area contributed by atoms with Crippen LogP contribution < -0.4 is 22.3 Å². The van der Waals surface area contributed by atoms with Crippen molar-refractivity contribution in [3.8, 4) is 0 Å². The number of carbonyl (C=O) groups excluding carboxylic acids is 2. The van der Waals surface area contributed by atoms with Gasteiger partial charge in [0.25, 0.3) is 5.91 Å². The van der Waals surface area contributed by atoms with E-state index in [1.165, 1.54) is 12.3 Å². The summed E-state index contributed by atoms with van der Waals surface area (Å²) in [5, 5.41) is 2.60. The summed E-state index contributed by atoms with van der Waals surface area (Å²) in [6.07, 6.45) is 1.44. The second-order valence-corrected chi connectivity index (χ2v) is 4.51. The van der Waals surface area contributed by atoms with Crippen LogP contribution in [-0.4, -0.2) is 23.3 Å². The first kappa shape index (κ1) is 13.9. The van der Waals surface area contributed by atoms with Gasteiger partial charge in [-0.2, -0.15) is 0 Å². The minimum Gasteiger partial charge on any atom is -0.369 e. The highest BCUT2D eigenvalue weighted by atomic mass is 16.2. The maximum atomic E-state index is 11.7. The summed E-state index contributed by atoms with van der Waals surface area (Å²) in [5.41, 5.74) is 7.66. The quantitative estimate of drug-likeness (QED) is 0.419. The average Bonchev–Trinajstić information content (AvgIpc) is 2.36. The van der Waals surface area contributed by atoms with Gasteiger partial charge in [-0.15, -0.1) is 0 Å². The van der Waals surface area contributed by atoms with Gasteiger partial charge in [0, 0.05) is 6.54 Å². The summed E-state index contributed by atoms with van der Waals surface area (Å²) in [6, 6.07) is 3.16. The van der Waals surface area contributed by atoms with Crippen LogP contribution in [0.3, 0.4) is 0 Å². The SMILES string of the molecule is CC(C)(CNC(=O)c1ccc(NN)cn1)C(N)=O. The first-order valence-electron chi connectivity index (χ1n) is 5.37. The van der Waals surface area contributed by atoms with E-state index in [2.05, 4.69) is 15.7 Å². The van der Waals surface area contributed by atoms with E-state index < -0.39 is 11.3 Å². The van der Waals surface area contributed by atoms with Crippen LogP contribution in [0.1, 0.15) is 24.3 Å². The summed E-state index contributed by atoms with van der Waals surface area (Å²) in [4.78, 5) is 26.7. The van der Waals surface area contributed by atoms with E-state index in [-0.39, 0.29) is 18.1 Å². The van der Waals surface area contributed by atoms with E-state index in [9.17, 15) is 9.59 Å². The molecule has 0 radical (unpaired) electrons. The van der Waals surface area contributed by atoms with E-state index in [1.54, 1.807) is 19.9 Å². The Balaban J connectivity index is 2.63. The van der Waals surface area contributed by atoms with Crippen LogP contribution in [0.5, 0.6) is 0 Å². The zero-order valence-corrected chi connectivity index (χ0v) is 10.4. The number of nitrogen functional groups attached to an aromatic ring is 1. The lowest BCUT2D eigenvalue weighted by molar-refractivity contribution is -0.125. The lowest BCUT2D eigenvalue weighted by Crippen LogP contribution is -2.42. The normalized spacial score (nSPS) is 10.8. The molecule has 98 valence electrons. The van der Waals surface area contributed by atoms with Gasteiger partial charge in [0.2, 0.25) is 5.91 Å². The Morgan fingerprint density at radius 1 is 1.39 bits per heavy atom. The van der Waals surface area contributed by atoms with Gasteiger partial charge in [-0.05, 0) is 26.0 Å². The van der Waals surface area contributed by atoms with Crippen LogP contribution in [0.4, 0.5) is 5.69 Å². The molecule has 1 heterocycles. The van der Waals surface area contributed by atoms with Gasteiger partial charge >= 0.3 is 0 Å². The van der Waals surface area contributed by atoms with E-state index >= 15 is 0 Å². The largest absolute Gasteiger partial charge is 0.369 e. The molecule has 0 bridgehead atoms. The first-order chi connectivity index (χ1) is 8.36. The summed E-state index contributed by atoms with van der Waals surface area (Å²) in [6.45, 7) is 3.47. The Labute approximate surface area is 105 Å². The number of primary amides is 1. The van der Waals surface area contributed by atoms with E-state index in [0.717, 1.165) is 0 Å². The number of amides is 2. The van der Waals surface area contributed by atoms with Crippen LogP contribution in [0.2, 0.25) is 0 Å². The third-order valence-corrected chi connectivity index (χ3v) is 2.52. The van der Waals surface area contributed by atoms with Gasteiger partial charge in [0.05, 0.1) is 17.3 Å².